The van der Waals surface area contributed by atoms with Crippen LogP contribution < -0.4 is 10.1 Å². The van der Waals surface area contributed by atoms with Crippen molar-refractivity contribution < 1.29 is 24.0 Å². The molecular weight excluding hydrogens is 416 g/mol. The quantitative estimate of drug-likeness (QED) is 0.381. The second-order valence-corrected chi connectivity index (χ2v) is 7.70. The average Bonchev–Trinajstić information content (AvgIpc) is 3.14. The van der Waals surface area contributed by atoms with E-state index in [-0.39, 0.29) is 18.6 Å². The summed E-state index contributed by atoms with van der Waals surface area (Å²) in [4.78, 5) is 37.3. The van der Waals surface area contributed by atoms with Gasteiger partial charge in [-0.2, -0.15) is 0 Å². The van der Waals surface area contributed by atoms with Gasteiger partial charge in [-0.05, 0) is 28.0 Å². The molecule has 11 heteroatoms. The van der Waals surface area contributed by atoms with Gasteiger partial charge < -0.3 is 19.6 Å². The van der Waals surface area contributed by atoms with Gasteiger partial charge in [0.25, 0.3) is 0 Å². The first kappa shape index (κ1) is 23.1. The van der Waals surface area contributed by atoms with E-state index >= 15 is 0 Å². The van der Waals surface area contributed by atoms with Gasteiger partial charge in [-0.1, -0.05) is 37.9 Å². The molecule has 0 saturated heterocycles. The monoisotopic (exact) mass is 438 g/mol. The molecule has 30 heavy (non-hydrogen) atoms. The number of hydrogen-bond acceptors (Lipinski definition) is 7. The molecule has 0 saturated carbocycles. The number of nitrogens with one attached hydrogen (secondary N) is 1. The van der Waals surface area contributed by atoms with Gasteiger partial charge >= 0.3 is 12.0 Å². The van der Waals surface area contributed by atoms with E-state index in [1.54, 1.807) is 12.1 Å². The Morgan fingerprint density at radius 2 is 1.97 bits per heavy atom. The normalized spacial score (nSPS) is 12.1. The number of ether oxygens (including phenoxy) is 2. The summed E-state index contributed by atoms with van der Waals surface area (Å²) < 4.78 is 12.1. The number of halogens is 1. The van der Waals surface area contributed by atoms with Gasteiger partial charge in [0.15, 0.2) is 6.10 Å². The average molecular weight is 439 g/mol. The van der Waals surface area contributed by atoms with Crippen LogP contribution in [0.4, 0.5) is 10.7 Å². The highest BCUT2D eigenvalue weighted by atomic mass is 35.5. The van der Waals surface area contributed by atoms with Crippen LogP contribution in [0, 0.1) is 10.1 Å². The first-order chi connectivity index (χ1) is 14.1. The Labute approximate surface area is 178 Å². The van der Waals surface area contributed by atoms with E-state index in [4.69, 9.17) is 21.1 Å². The molecule has 0 aliphatic rings. The van der Waals surface area contributed by atoms with Crippen molar-refractivity contribution >= 4 is 29.5 Å². The van der Waals surface area contributed by atoms with Gasteiger partial charge in [-0.15, -0.1) is 11.6 Å². The van der Waals surface area contributed by atoms with Crippen LogP contribution in [0.5, 0.6) is 5.75 Å². The van der Waals surface area contributed by atoms with Crippen LogP contribution in [0.2, 0.25) is 0 Å². The molecule has 1 aromatic heterocycles. The fourth-order valence-corrected chi connectivity index (χ4v) is 2.59. The lowest BCUT2D eigenvalue weighted by atomic mass is 9.87. The number of imide groups is 1. The SMILES string of the molecule is CC(C)(C)c1ccc(OC[C@@H](Cn2ccnc2[N+](=O)[O-])OC(=O)NC(=O)CCl)cc1. The second-order valence-electron chi connectivity index (χ2n) is 7.43. The van der Waals surface area contributed by atoms with E-state index in [2.05, 4.69) is 25.8 Å². The van der Waals surface area contributed by atoms with E-state index in [1.165, 1.54) is 17.0 Å². The number of alkyl halides is 1. The van der Waals surface area contributed by atoms with Gasteiger partial charge in [0.1, 0.15) is 37.2 Å². The molecule has 0 aliphatic heterocycles. The first-order valence-electron chi connectivity index (χ1n) is 9.05. The Morgan fingerprint density at radius 3 is 2.53 bits per heavy atom. The first-order valence-corrected chi connectivity index (χ1v) is 9.59. The maximum atomic E-state index is 11.9. The molecule has 0 bridgehead atoms. The molecule has 0 unspecified atom stereocenters. The smallest absolute Gasteiger partial charge is 0.434 e. The summed E-state index contributed by atoms with van der Waals surface area (Å²) in [7, 11) is 0. The number of amides is 2. The summed E-state index contributed by atoms with van der Waals surface area (Å²) in [6.07, 6.45) is 0.677. The molecular formula is C19H23ClN4O6. The number of nitro groups is 1. The minimum atomic E-state index is -1.03. The number of rotatable bonds is 8. The van der Waals surface area contributed by atoms with Crippen molar-refractivity contribution in [2.24, 2.45) is 0 Å². The van der Waals surface area contributed by atoms with E-state index in [0.29, 0.717) is 5.75 Å². The molecule has 1 heterocycles. The van der Waals surface area contributed by atoms with Crippen LogP contribution in [0.15, 0.2) is 36.7 Å². The molecule has 162 valence electrons. The predicted octanol–water partition coefficient (Wildman–Crippen LogP) is 3.03. The highest BCUT2D eigenvalue weighted by Gasteiger charge is 2.23. The third-order valence-electron chi connectivity index (χ3n) is 4.05. The molecule has 2 aromatic rings. The molecule has 2 rings (SSSR count). The maximum Gasteiger partial charge on any atom is 0.434 e. The lowest BCUT2D eigenvalue weighted by Crippen LogP contribution is -2.38. The van der Waals surface area contributed by atoms with Gasteiger partial charge in [0.05, 0.1) is 0 Å². The van der Waals surface area contributed by atoms with Gasteiger partial charge in [0.2, 0.25) is 5.91 Å². The fraction of sp³-hybridized carbons (Fsp3) is 0.421. The van der Waals surface area contributed by atoms with Crippen LogP contribution in [-0.4, -0.2) is 45.1 Å². The number of hydrogen-bond donors (Lipinski definition) is 1. The van der Waals surface area contributed by atoms with E-state index in [9.17, 15) is 19.7 Å². The van der Waals surface area contributed by atoms with Gasteiger partial charge in [-0.3, -0.25) is 10.1 Å². The van der Waals surface area contributed by atoms with Crippen molar-refractivity contribution in [3.05, 3.63) is 52.3 Å². The van der Waals surface area contributed by atoms with E-state index in [1.807, 2.05) is 17.4 Å². The topological polar surface area (TPSA) is 126 Å². The lowest BCUT2D eigenvalue weighted by molar-refractivity contribution is -0.397. The standard InChI is InChI=1S/C19H23ClN4O6/c1-19(2,3)13-4-6-14(7-5-13)29-12-15(30-18(26)22-16(25)10-20)11-23-9-8-21-17(23)24(27)28/h4-9,15H,10-12H2,1-3H3,(H,22,25,26)/t15-/m1/s1. The zero-order valence-electron chi connectivity index (χ0n) is 16.8. The number of aromatic nitrogens is 2. The minimum absolute atomic E-state index is 0.0163. The maximum absolute atomic E-state index is 11.9. The Hall–Kier alpha value is -3.14. The van der Waals surface area contributed by atoms with Crippen LogP contribution in [0.1, 0.15) is 26.3 Å². The lowest BCUT2D eigenvalue weighted by Gasteiger charge is -2.20. The van der Waals surface area contributed by atoms with Crippen LogP contribution in [-0.2, 0) is 21.5 Å². The predicted molar refractivity (Wildman–Crippen MR) is 109 cm³/mol. The molecule has 0 aliphatic carbocycles. The van der Waals surface area contributed by atoms with Gasteiger partial charge in [-0.25, -0.2) is 9.36 Å². The minimum Gasteiger partial charge on any atom is -0.490 e. The Balaban J connectivity index is 2.10. The molecule has 0 radical (unpaired) electrons. The third-order valence-corrected chi connectivity index (χ3v) is 4.29. The zero-order valence-corrected chi connectivity index (χ0v) is 17.6. The number of carbonyl (C=O) groups excluding carboxylic acids is 2. The Morgan fingerprint density at radius 1 is 1.30 bits per heavy atom. The molecule has 1 atom stereocenters. The molecule has 1 N–H and O–H groups in total. The molecule has 0 spiro atoms. The Kier molecular flexibility index (Phi) is 7.76. The number of alkyl carbamates (subject to hydrolysis) is 1. The van der Waals surface area contributed by atoms with Crippen LogP contribution in [0.3, 0.4) is 0 Å². The highest BCUT2D eigenvalue weighted by molar-refractivity contribution is 6.28. The molecule has 0 fully saturated rings. The summed E-state index contributed by atoms with van der Waals surface area (Å²) >= 11 is 5.36. The van der Waals surface area contributed by atoms with Crippen molar-refractivity contribution in [1.82, 2.24) is 14.9 Å². The van der Waals surface area contributed by atoms with Crippen LogP contribution >= 0.6 is 11.6 Å². The van der Waals surface area contributed by atoms with Gasteiger partial charge in [0, 0.05) is 0 Å². The van der Waals surface area contributed by atoms with Crippen molar-refractivity contribution in [2.45, 2.75) is 38.8 Å². The third kappa shape index (κ3) is 6.73. The van der Waals surface area contributed by atoms with E-state index < -0.39 is 34.9 Å². The fourth-order valence-electron chi connectivity index (χ4n) is 2.53. The molecule has 1 aromatic carbocycles. The van der Waals surface area contributed by atoms with Crippen molar-refractivity contribution in [2.75, 3.05) is 12.5 Å². The van der Waals surface area contributed by atoms with Crippen molar-refractivity contribution in [3.63, 3.8) is 0 Å². The highest BCUT2D eigenvalue weighted by Crippen LogP contribution is 2.24. The summed E-state index contributed by atoms with van der Waals surface area (Å²) in [6, 6.07) is 7.43. The summed E-state index contributed by atoms with van der Waals surface area (Å²) in [5.74, 6) is -1.01. The second kappa shape index (κ2) is 10.1. The van der Waals surface area contributed by atoms with E-state index in [0.717, 1.165) is 5.56 Å². The number of benzene rings is 1. The number of nitrogens with zero attached hydrogens (tertiary/aromatic N) is 3. The largest absolute Gasteiger partial charge is 0.490 e. The molecule has 2 amide bonds. The summed E-state index contributed by atoms with van der Waals surface area (Å²) in [5, 5.41) is 13.0. The summed E-state index contributed by atoms with van der Waals surface area (Å²) in [6.45, 7) is 6.06. The Bertz CT molecular complexity index is 891. The van der Waals surface area contributed by atoms with Crippen LogP contribution in [0.25, 0.3) is 0 Å². The molecule has 10 nitrogen and oxygen atoms in total. The van der Waals surface area contributed by atoms with Crippen molar-refractivity contribution in [3.8, 4) is 5.75 Å². The van der Waals surface area contributed by atoms with Crippen molar-refractivity contribution in [1.29, 1.82) is 0 Å². The summed E-state index contributed by atoms with van der Waals surface area (Å²) in [5.41, 5.74) is 1.10. The number of imidazole rings is 1. The number of carbonyl (C=O) groups is 2. The zero-order chi connectivity index (χ0) is 22.3.